The highest BCUT2D eigenvalue weighted by atomic mass is 16.3. The number of nitrogens with zero attached hydrogens (tertiary/aromatic N) is 3. The topological polar surface area (TPSA) is 43.9 Å². The molecule has 0 saturated carbocycles. The number of hydrogen-bond donors (Lipinski definition) is 0. The average Bonchev–Trinajstić information content (AvgIpc) is 3.79. The van der Waals surface area contributed by atoms with Gasteiger partial charge in [0.1, 0.15) is 11.2 Å². The number of benzene rings is 8. The monoisotopic (exact) mass is 689 g/mol. The summed E-state index contributed by atoms with van der Waals surface area (Å²) in [5, 5.41) is 5.74. The van der Waals surface area contributed by atoms with E-state index >= 15 is 0 Å². The molecular formula is C50H31N3O. The molecule has 0 N–H and O–H groups in total. The molecule has 3 aromatic heterocycles. The van der Waals surface area contributed by atoms with E-state index in [1.807, 2.05) is 18.2 Å². The van der Waals surface area contributed by atoms with Crippen LogP contribution < -0.4 is 0 Å². The summed E-state index contributed by atoms with van der Waals surface area (Å²) in [5.41, 5.74) is 13.5. The normalized spacial score (nSPS) is 11.7. The molecule has 0 unspecified atom stereocenters. The van der Waals surface area contributed by atoms with Crippen molar-refractivity contribution in [3.05, 3.63) is 188 Å². The first-order valence-electron chi connectivity index (χ1n) is 18.2. The molecule has 0 aliphatic heterocycles. The molecule has 0 saturated heterocycles. The minimum atomic E-state index is 0.689. The molecule has 11 aromatic rings. The van der Waals surface area contributed by atoms with Gasteiger partial charge in [0.25, 0.3) is 0 Å². The molecule has 0 fully saturated rings. The van der Waals surface area contributed by atoms with Crippen molar-refractivity contribution in [1.29, 1.82) is 0 Å². The van der Waals surface area contributed by atoms with Gasteiger partial charge < -0.3 is 8.98 Å². The Bertz CT molecular complexity index is 3210. The Labute approximate surface area is 311 Å². The van der Waals surface area contributed by atoms with Crippen LogP contribution in [0.15, 0.2) is 192 Å². The van der Waals surface area contributed by atoms with Gasteiger partial charge in [-0.25, -0.2) is 9.97 Å². The zero-order valence-electron chi connectivity index (χ0n) is 29.1. The van der Waals surface area contributed by atoms with Gasteiger partial charge in [-0.15, -0.1) is 0 Å². The molecule has 0 spiro atoms. The van der Waals surface area contributed by atoms with Crippen LogP contribution in [0.5, 0.6) is 0 Å². The standard InChI is InChI=1S/C50H31N3O/c1-3-12-32(13-4-1)49-43-29-34(35-22-25-40-39-18-7-9-20-45(39)53(46(40)30-35)38-16-5-2-6-17-38)24-27-44(43)51-50(52-49)37-15-11-14-33(28-37)36-23-26-42-41-19-8-10-21-47(41)54-48(42)31-36/h1-31H. The second-order valence-corrected chi connectivity index (χ2v) is 13.8. The van der Waals surface area contributed by atoms with Gasteiger partial charge in [-0.05, 0) is 82.9 Å². The van der Waals surface area contributed by atoms with Crippen LogP contribution in [0.3, 0.4) is 0 Å². The third-order valence-electron chi connectivity index (χ3n) is 10.6. The Morgan fingerprint density at radius 1 is 0.352 bits per heavy atom. The molecule has 4 heteroatoms. The van der Waals surface area contributed by atoms with E-state index in [4.69, 9.17) is 14.4 Å². The van der Waals surface area contributed by atoms with Crippen LogP contribution in [-0.2, 0) is 0 Å². The van der Waals surface area contributed by atoms with Gasteiger partial charge >= 0.3 is 0 Å². The second kappa shape index (κ2) is 12.1. The molecule has 0 atom stereocenters. The Morgan fingerprint density at radius 3 is 1.83 bits per heavy atom. The number of aromatic nitrogens is 3. The minimum Gasteiger partial charge on any atom is -0.456 e. The smallest absolute Gasteiger partial charge is 0.160 e. The zero-order valence-corrected chi connectivity index (χ0v) is 29.1. The highest BCUT2D eigenvalue weighted by Gasteiger charge is 2.17. The summed E-state index contributed by atoms with van der Waals surface area (Å²) in [7, 11) is 0. The molecule has 252 valence electrons. The van der Waals surface area contributed by atoms with Crippen molar-refractivity contribution in [2.24, 2.45) is 0 Å². The highest BCUT2D eigenvalue weighted by molar-refractivity contribution is 6.10. The van der Waals surface area contributed by atoms with E-state index in [2.05, 4.69) is 174 Å². The summed E-state index contributed by atoms with van der Waals surface area (Å²) in [5.74, 6) is 0.689. The average molecular weight is 690 g/mol. The lowest BCUT2D eigenvalue weighted by Gasteiger charge is -2.13. The first-order chi connectivity index (χ1) is 26.7. The Morgan fingerprint density at radius 2 is 0.963 bits per heavy atom. The van der Waals surface area contributed by atoms with Gasteiger partial charge in [0.15, 0.2) is 5.82 Å². The third-order valence-corrected chi connectivity index (χ3v) is 10.6. The van der Waals surface area contributed by atoms with Gasteiger partial charge in [-0.2, -0.15) is 0 Å². The number of furan rings is 1. The zero-order chi connectivity index (χ0) is 35.6. The van der Waals surface area contributed by atoms with Crippen molar-refractivity contribution >= 4 is 54.6 Å². The van der Waals surface area contributed by atoms with Crippen LogP contribution in [0.2, 0.25) is 0 Å². The summed E-state index contributed by atoms with van der Waals surface area (Å²) in [6, 6.07) is 66.2. The molecule has 0 aliphatic carbocycles. The first-order valence-corrected chi connectivity index (χ1v) is 18.2. The molecule has 0 radical (unpaired) electrons. The van der Waals surface area contributed by atoms with E-state index < -0.39 is 0 Å². The van der Waals surface area contributed by atoms with E-state index in [0.29, 0.717) is 5.82 Å². The van der Waals surface area contributed by atoms with Crippen molar-refractivity contribution in [3.8, 4) is 50.6 Å². The van der Waals surface area contributed by atoms with Gasteiger partial charge in [0, 0.05) is 43.7 Å². The molecular weight excluding hydrogens is 659 g/mol. The predicted molar refractivity (Wildman–Crippen MR) is 223 cm³/mol. The van der Waals surface area contributed by atoms with Crippen LogP contribution >= 0.6 is 0 Å². The molecule has 0 bridgehead atoms. The summed E-state index contributed by atoms with van der Waals surface area (Å²) in [4.78, 5) is 10.5. The van der Waals surface area contributed by atoms with Gasteiger partial charge in [-0.3, -0.25) is 0 Å². The van der Waals surface area contributed by atoms with Crippen molar-refractivity contribution in [3.63, 3.8) is 0 Å². The van der Waals surface area contributed by atoms with Crippen LogP contribution in [0.1, 0.15) is 0 Å². The largest absolute Gasteiger partial charge is 0.456 e. The Balaban J connectivity index is 1.04. The van der Waals surface area contributed by atoms with E-state index in [9.17, 15) is 0 Å². The first kappa shape index (κ1) is 30.3. The van der Waals surface area contributed by atoms with Crippen LogP contribution in [0, 0.1) is 0 Å². The van der Waals surface area contributed by atoms with Crippen molar-refractivity contribution in [2.75, 3.05) is 0 Å². The van der Waals surface area contributed by atoms with Crippen molar-refractivity contribution in [2.45, 2.75) is 0 Å². The quantitative estimate of drug-likeness (QED) is 0.181. The van der Waals surface area contributed by atoms with E-state index in [-0.39, 0.29) is 0 Å². The summed E-state index contributed by atoms with van der Waals surface area (Å²) >= 11 is 0. The van der Waals surface area contributed by atoms with Crippen LogP contribution in [-0.4, -0.2) is 14.5 Å². The minimum absolute atomic E-state index is 0.689. The fraction of sp³-hybridized carbons (Fsp3) is 0. The van der Waals surface area contributed by atoms with Crippen LogP contribution in [0.25, 0.3) is 105 Å². The second-order valence-electron chi connectivity index (χ2n) is 13.8. The molecule has 4 nitrogen and oxygen atoms in total. The maximum atomic E-state index is 6.22. The molecule has 8 aromatic carbocycles. The van der Waals surface area contributed by atoms with Gasteiger partial charge in [-0.1, -0.05) is 127 Å². The lowest BCUT2D eigenvalue weighted by molar-refractivity contribution is 0.669. The summed E-state index contributed by atoms with van der Waals surface area (Å²) in [6.07, 6.45) is 0. The highest BCUT2D eigenvalue weighted by Crippen LogP contribution is 2.38. The van der Waals surface area contributed by atoms with Crippen LogP contribution in [0.4, 0.5) is 0 Å². The van der Waals surface area contributed by atoms with E-state index in [1.54, 1.807) is 0 Å². The van der Waals surface area contributed by atoms with Gasteiger partial charge in [0.05, 0.1) is 22.2 Å². The number of para-hydroxylation sites is 3. The number of rotatable bonds is 5. The summed E-state index contributed by atoms with van der Waals surface area (Å²) < 4.78 is 8.58. The summed E-state index contributed by atoms with van der Waals surface area (Å²) in [6.45, 7) is 0. The number of hydrogen-bond acceptors (Lipinski definition) is 3. The van der Waals surface area contributed by atoms with Crippen molar-refractivity contribution in [1.82, 2.24) is 14.5 Å². The maximum Gasteiger partial charge on any atom is 0.160 e. The van der Waals surface area contributed by atoms with Crippen molar-refractivity contribution < 1.29 is 4.42 Å². The van der Waals surface area contributed by atoms with Gasteiger partial charge in [0.2, 0.25) is 0 Å². The molecule has 0 aliphatic rings. The molecule has 11 rings (SSSR count). The fourth-order valence-corrected chi connectivity index (χ4v) is 8.00. The van der Waals surface area contributed by atoms with E-state index in [1.165, 1.54) is 21.8 Å². The molecule has 3 heterocycles. The van der Waals surface area contributed by atoms with E-state index in [0.717, 1.165) is 77.6 Å². The lowest BCUT2D eigenvalue weighted by Crippen LogP contribution is -1.96. The lowest BCUT2D eigenvalue weighted by atomic mass is 9.98. The fourth-order valence-electron chi connectivity index (χ4n) is 8.00. The SMILES string of the molecule is c1ccc(-c2nc(-c3cccc(-c4ccc5c(c4)oc4ccccc45)c3)nc3ccc(-c4ccc5c6ccccc6n(-c6ccccc6)c5c4)cc23)cc1. The Hall–Kier alpha value is -7.30. The molecule has 0 amide bonds. The third kappa shape index (κ3) is 4.92. The molecule has 54 heavy (non-hydrogen) atoms. The number of fused-ring (bicyclic) bond motifs is 7. The Kier molecular flexibility index (Phi) is 6.82. The predicted octanol–water partition coefficient (Wildman–Crippen LogP) is 13.3. The maximum absolute atomic E-state index is 6.22.